The first-order valence-corrected chi connectivity index (χ1v) is 12.9. The number of methoxy groups -OCH3 is 1. The van der Waals surface area contributed by atoms with Crippen molar-refractivity contribution in [1.82, 2.24) is 29.9 Å². The molecule has 1 aliphatic rings. The zero-order valence-electron chi connectivity index (χ0n) is 21.5. The maximum Gasteiger partial charge on any atom is 0.341 e. The summed E-state index contributed by atoms with van der Waals surface area (Å²) in [6.07, 6.45) is 8.02. The maximum atomic E-state index is 11.9. The normalized spacial score (nSPS) is 15.9. The van der Waals surface area contributed by atoms with Gasteiger partial charge in [0.2, 0.25) is 11.9 Å². The Kier molecular flexibility index (Phi) is 7.29. The number of rotatable bonds is 8. The van der Waals surface area contributed by atoms with Crippen LogP contribution in [0.4, 0.5) is 11.9 Å². The van der Waals surface area contributed by atoms with E-state index in [0.717, 1.165) is 20.7 Å². The molecule has 1 atom stereocenters. The number of esters is 1. The number of ether oxygens (including phenoxy) is 3. The molecule has 12 nitrogen and oxygen atoms in total. The Morgan fingerprint density at radius 3 is 2.63 bits per heavy atom. The van der Waals surface area contributed by atoms with Crippen molar-refractivity contribution in [2.24, 2.45) is 0 Å². The minimum atomic E-state index is -0.491. The summed E-state index contributed by atoms with van der Waals surface area (Å²) in [5.41, 5.74) is 1.55. The number of nitrogens with one attached hydrogen (secondary N) is 1. The Morgan fingerprint density at radius 1 is 1.16 bits per heavy atom. The van der Waals surface area contributed by atoms with Gasteiger partial charge in [-0.1, -0.05) is 0 Å². The summed E-state index contributed by atoms with van der Waals surface area (Å²) in [6, 6.07) is 2.38. The molecule has 38 heavy (non-hydrogen) atoms. The van der Waals surface area contributed by atoms with Crippen molar-refractivity contribution in [3.63, 3.8) is 0 Å². The van der Waals surface area contributed by atoms with Gasteiger partial charge in [-0.15, -0.1) is 11.3 Å². The zero-order valence-corrected chi connectivity index (χ0v) is 22.4. The van der Waals surface area contributed by atoms with Gasteiger partial charge in [-0.3, -0.25) is 0 Å². The van der Waals surface area contributed by atoms with Crippen LogP contribution in [0.5, 0.6) is 6.01 Å². The van der Waals surface area contributed by atoms with Gasteiger partial charge in [0.15, 0.2) is 0 Å². The predicted octanol–water partition coefficient (Wildman–Crippen LogP) is 3.38. The van der Waals surface area contributed by atoms with Crippen molar-refractivity contribution in [3.05, 3.63) is 53.1 Å². The average Bonchev–Trinajstić information content (AvgIpc) is 3.38. The van der Waals surface area contributed by atoms with Crippen LogP contribution in [0.15, 0.2) is 37.1 Å². The van der Waals surface area contributed by atoms with E-state index in [-0.39, 0.29) is 6.10 Å². The third-order valence-corrected chi connectivity index (χ3v) is 7.40. The molecule has 0 saturated carbocycles. The molecule has 1 aliphatic heterocycles. The number of hydrogen-bond acceptors (Lipinski definition) is 13. The molecule has 5 heterocycles. The summed E-state index contributed by atoms with van der Waals surface area (Å²) in [6.45, 7) is 7.94. The third-order valence-electron chi connectivity index (χ3n) is 6.01. The van der Waals surface area contributed by atoms with Gasteiger partial charge in [0.05, 0.1) is 54.4 Å². The Morgan fingerprint density at radius 2 is 1.92 bits per heavy atom. The van der Waals surface area contributed by atoms with E-state index in [1.54, 1.807) is 30.7 Å². The van der Waals surface area contributed by atoms with Crippen LogP contribution in [0.25, 0.3) is 10.2 Å². The van der Waals surface area contributed by atoms with Gasteiger partial charge in [-0.05, 0) is 26.8 Å². The average molecular weight is 537 g/mol. The summed E-state index contributed by atoms with van der Waals surface area (Å²) in [4.78, 5) is 41.5. The first kappa shape index (κ1) is 25.7. The third kappa shape index (κ3) is 5.48. The first-order valence-electron chi connectivity index (χ1n) is 12.1. The zero-order chi connectivity index (χ0) is 26.7. The fourth-order valence-electron chi connectivity index (χ4n) is 3.97. The molecule has 13 heteroatoms. The molecule has 0 spiro atoms. The molecule has 4 aromatic rings. The number of carbonyl (C=O) groups is 1. The van der Waals surface area contributed by atoms with E-state index in [0.29, 0.717) is 49.8 Å². The largest absolute Gasteiger partial charge is 0.467 e. The summed E-state index contributed by atoms with van der Waals surface area (Å²) in [7, 11) is 1.53. The Hall–Kier alpha value is -3.97. The van der Waals surface area contributed by atoms with Crippen molar-refractivity contribution in [1.29, 1.82) is 0 Å². The van der Waals surface area contributed by atoms with Crippen molar-refractivity contribution in [2.75, 3.05) is 43.6 Å². The molecule has 5 rings (SSSR count). The number of anilines is 2. The summed E-state index contributed by atoms with van der Waals surface area (Å²) in [5.74, 6) is 0.614. The van der Waals surface area contributed by atoms with Gasteiger partial charge in [0.1, 0.15) is 6.10 Å². The molecule has 0 radical (unpaired) electrons. The van der Waals surface area contributed by atoms with Crippen LogP contribution in [0.1, 0.15) is 47.7 Å². The van der Waals surface area contributed by atoms with Crippen LogP contribution < -0.4 is 15.0 Å². The number of carbonyl (C=O) groups excluding carboxylic acids is 1. The molecule has 198 valence electrons. The molecule has 1 unspecified atom stereocenters. The number of hydrogen-bond donors (Lipinski definition) is 1. The van der Waals surface area contributed by atoms with E-state index in [9.17, 15) is 4.79 Å². The molecule has 4 aromatic heterocycles. The van der Waals surface area contributed by atoms with Gasteiger partial charge < -0.3 is 24.4 Å². The molecular weight excluding hydrogens is 508 g/mol. The highest BCUT2D eigenvalue weighted by Crippen LogP contribution is 2.35. The lowest BCUT2D eigenvalue weighted by Crippen LogP contribution is -2.39. The molecule has 0 amide bonds. The van der Waals surface area contributed by atoms with E-state index in [2.05, 4.69) is 41.2 Å². The summed E-state index contributed by atoms with van der Waals surface area (Å²) < 4.78 is 17.0. The molecular formula is C25H28N8O4S. The van der Waals surface area contributed by atoms with Crippen molar-refractivity contribution in [3.8, 4) is 6.01 Å². The van der Waals surface area contributed by atoms with Crippen LogP contribution in [0, 0.1) is 0 Å². The second-order valence-corrected chi connectivity index (χ2v) is 10.2. The Bertz CT molecular complexity index is 1410. The molecule has 1 fully saturated rings. The predicted molar refractivity (Wildman–Crippen MR) is 142 cm³/mol. The van der Waals surface area contributed by atoms with Crippen LogP contribution in [-0.4, -0.2) is 69.3 Å². The van der Waals surface area contributed by atoms with E-state index in [1.807, 2.05) is 20.0 Å². The van der Waals surface area contributed by atoms with Crippen molar-refractivity contribution in [2.45, 2.75) is 32.4 Å². The highest BCUT2D eigenvalue weighted by molar-refractivity contribution is 7.19. The Balaban J connectivity index is 1.30. The molecule has 1 saturated heterocycles. The first-order chi connectivity index (χ1) is 18.4. The SMILES string of the molecule is CCOC(=O)c1cnc(NC(C)(C)c2cc3nc(N4CCOC(c5cnc(OC)nc5)C4)ncc3s2)nc1. The van der Waals surface area contributed by atoms with Crippen molar-refractivity contribution >= 4 is 39.4 Å². The minimum Gasteiger partial charge on any atom is -0.467 e. The fourth-order valence-corrected chi connectivity index (χ4v) is 5.00. The lowest BCUT2D eigenvalue weighted by atomic mass is 10.0. The second kappa shape index (κ2) is 10.8. The van der Waals surface area contributed by atoms with E-state index in [1.165, 1.54) is 19.5 Å². The van der Waals surface area contributed by atoms with Gasteiger partial charge in [-0.25, -0.2) is 34.7 Å². The highest BCUT2D eigenvalue weighted by Gasteiger charge is 2.27. The molecule has 0 bridgehead atoms. The number of aromatic nitrogens is 6. The van der Waals surface area contributed by atoms with Crippen LogP contribution in [0.3, 0.4) is 0 Å². The smallest absolute Gasteiger partial charge is 0.341 e. The van der Waals surface area contributed by atoms with Crippen LogP contribution in [-0.2, 0) is 15.0 Å². The van der Waals surface area contributed by atoms with Gasteiger partial charge in [-0.2, -0.15) is 0 Å². The highest BCUT2D eigenvalue weighted by atomic mass is 32.1. The molecule has 0 aliphatic carbocycles. The minimum absolute atomic E-state index is 0.190. The molecule has 1 N–H and O–H groups in total. The lowest BCUT2D eigenvalue weighted by molar-refractivity contribution is 0.0387. The maximum absolute atomic E-state index is 11.9. The van der Waals surface area contributed by atoms with E-state index >= 15 is 0 Å². The number of nitrogens with zero attached hydrogens (tertiary/aromatic N) is 7. The van der Waals surface area contributed by atoms with Crippen LogP contribution >= 0.6 is 11.3 Å². The fraction of sp³-hybridized carbons (Fsp3) is 0.400. The Labute approximate surface area is 223 Å². The van der Waals surface area contributed by atoms with Gasteiger partial charge in [0.25, 0.3) is 0 Å². The number of thiophene rings is 1. The number of morpholine rings is 1. The van der Waals surface area contributed by atoms with Gasteiger partial charge in [0, 0.05) is 41.8 Å². The van der Waals surface area contributed by atoms with E-state index < -0.39 is 11.5 Å². The van der Waals surface area contributed by atoms with Crippen LogP contribution in [0.2, 0.25) is 0 Å². The van der Waals surface area contributed by atoms with E-state index in [4.69, 9.17) is 19.2 Å². The quantitative estimate of drug-likeness (QED) is 0.330. The second-order valence-electron chi connectivity index (χ2n) is 9.10. The summed E-state index contributed by atoms with van der Waals surface area (Å²) >= 11 is 1.61. The standard InChI is InChI=1S/C25H28N8O4S/c1-5-36-21(34)16-11-26-22(27-12-16)32-25(2,3)20-8-17-19(38-20)13-28-23(31-17)33-6-7-37-18(14-33)15-9-29-24(35-4)30-10-15/h8-13,18H,5-7,14H2,1-4H3,(H,26,27,32). The lowest BCUT2D eigenvalue weighted by Gasteiger charge is -2.32. The summed E-state index contributed by atoms with van der Waals surface area (Å²) in [5, 5.41) is 3.34. The number of fused-ring (bicyclic) bond motifs is 1. The van der Waals surface area contributed by atoms with Crippen molar-refractivity contribution < 1.29 is 19.0 Å². The topological polar surface area (TPSA) is 137 Å². The van der Waals surface area contributed by atoms with Gasteiger partial charge >= 0.3 is 12.0 Å². The molecule has 0 aromatic carbocycles. The monoisotopic (exact) mass is 536 g/mol.